The minimum Gasteiger partial charge on any atom is -0.710 e. The summed E-state index contributed by atoms with van der Waals surface area (Å²) in [6.45, 7) is 0. The van der Waals surface area contributed by atoms with E-state index < -0.39 is 0 Å². The Morgan fingerprint density at radius 2 is 1.65 bits per heavy atom. The first-order chi connectivity index (χ1) is 8.36. The van der Waals surface area contributed by atoms with Crippen molar-refractivity contribution >= 4 is 10.9 Å². The summed E-state index contributed by atoms with van der Waals surface area (Å²) in [5.74, 6) is 0. The molecule has 17 heavy (non-hydrogen) atoms. The van der Waals surface area contributed by atoms with Gasteiger partial charge in [-0.3, -0.25) is 0 Å². The molecule has 1 aromatic heterocycles. The zero-order chi connectivity index (χ0) is 11.4. The van der Waals surface area contributed by atoms with Crippen molar-refractivity contribution in [1.82, 2.24) is 4.98 Å². The summed E-state index contributed by atoms with van der Waals surface area (Å²) in [7, 11) is 0. The van der Waals surface area contributed by atoms with Gasteiger partial charge >= 0.3 is 0 Å². The van der Waals surface area contributed by atoms with Crippen molar-refractivity contribution in [1.29, 1.82) is 0 Å². The maximum atomic E-state index is 11.9. The van der Waals surface area contributed by atoms with Crippen molar-refractivity contribution in [2.45, 2.75) is 0 Å². The zero-order valence-corrected chi connectivity index (χ0v) is 8.92. The van der Waals surface area contributed by atoms with E-state index in [1.807, 2.05) is 42.5 Å². The molecule has 0 saturated carbocycles. The molecule has 80 valence electrons. The summed E-state index contributed by atoms with van der Waals surface area (Å²) in [6.07, 6.45) is 1.34. The van der Waals surface area contributed by atoms with E-state index in [0.29, 0.717) is 0 Å². The van der Waals surface area contributed by atoms with Gasteiger partial charge in [-0.25, -0.2) is 4.73 Å². The van der Waals surface area contributed by atoms with E-state index in [2.05, 4.69) is 4.98 Å². The summed E-state index contributed by atoms with van der Waals surface area (Å²) in [5, 5.41) is 12.9. The Morgan fingerprint density at radius 3 is 2.53 bits per heavy atom. The van der Waals surface area contributed by atoms with Crippen molar-refractivity contribution < 1.29 is 4.73 Å². The summed E-state index contributed by atoms with van der Waals surface area (Å²) < 4.78 is 0.859. The Bertz CT molecular complexity index is 765. The Hall–Kier alpha value is -2.42. The predicted octanol–water partition coefficient (Wildman–Crippen LogP) is 2.52. The van der Waals surface area contributed by atoms with Crippen LogP contribution in [0.2, 0.25) is 0 Å². The van der Waals surface area contributed by atoms with E-state index in [4.69, 9.17) is 0 Å². The fraction of sp³-hybridized carbons (Fsp3) is 0. The van der Waals surface area contributed by atoms with Gasteiger partial charge in [0.05, 0.1) is 5.39 Å². The number of benzene rings is 2. The highest BCUT2D eigenvalue weighted by Crippen LogP contribution is 2.44. The van der Waals surface area contributed by atoms with Gasteiger partial charge in [0.2, 0.25) is 0 Å². The first kappa shape index (κ1) is 8.70. The molecular weight excluding hydrogens is 212 g/mol. The Kier molecular flexibility index (Phi) is 1.45. The molecule has 1 aliphatic rings. The minimum absolute atomic E-state index is 0.723. The third-order valence-electron chi connectivity index (χ3n) is 3.27. The number of hydrogen-bond donors (Lipinski definition) is 0. The SMILES string of the molecule is [O-][n+]1cnc2cccc3c2c1-c1ccccc1-3. The van der Waals surface area contributed by atoms with E-state index in [-0.39, 0.29) is 0 Å². The maximum Gasteiger partial charge on any atom is 0.290 e. The highest BCUT2D eigenvalue weighted by atomic mass is 16.5. The largest absolute Gasteiger partial charge is 0.710 e. The monoisotopic (exact) mass is 220 g/mol. The van der Waals surface area contributed by atoms with Gasteiger partial charge in [-0.1, -0.05) is 36.4 Å². The van der Waals surface area contributed by atoms with Crippen LogP contribution in [-0.4, -0.2) is 4.98 Å². The third-order valence-corrected chi connectivity index (χ3v) is 3.27. The number of rotatable bonds is 0. The van der Waals surface area contributed by atoms with Crippen molar-refractivity contribution in [3.05, 3.63) is 54.0 Å². The van der Waals surface area contributed by atoms with Crippen LogP contribution in [0.1, 0.15) is 0 Å². The van der Waals surface area contributed by atoms with Crippen LogP contribution in [0.5, 0.6) is 0 Å². The van der Waals surface area contributed by atoms with Gasteiger partial charge in [0, 0.05) is 5.56 Å². The van der Waals surface area contributed by atoms with Gasteiger partial charge in [-0.2, -0.15) is 0 Å². The van der Waals surface area contributed by atoms with E-state index in [1.54, 1.807) is 0 Å². The average Bonchev–Trinajstić information content (AvgIpc) is 2.71. The average molecular weight is 220 g/mol. The van der Waals surface area contributed by atoms with Crippen LogP contribution < -0.4 is 4.73 Å². The summed E-state index contributed by atoms with van der Waals surface area (Å²) >= 11 is 0. The first-order valence-electron chi connectivity index (χ1n) is 5.47. The fourth-order valence-corrected chi connectivity index (χ4v) is 2.58. The molecule has 0 aliphatic heterocycles. The smallest absolute Gasteiger partial charge is 0.290 e. The molecular formula is C14H8N2O. The molecule has 3 heteroatoms. The third kappa shape index (κ3) is 0.959. The Morgan fingerprint density at radius 1 is 0.882 bits per heavy atom. The summed E-state index contributed by atoms with van der Waals surface area (Å²) in [4.78, 5) is 4.18. The molecule has 1 heterocycles. The molecule has 2 aromatic carbocycles. The number of nitrogens with zero attached hydrogens (tertiary/aromatic N) is 2. The van der Waals surface area contributed by atoms with E-state index in [9.17, 15) is 5.21 Å². The van der Waals surface area contributed by atoms with Crippen molar-refractivity contribution in [3.8, 4) is 22.4 Å². The molecule has 0 saturated heterocycles. The van der Waals surface area contributed by atoms with Crippen molar-refractivity contribution in [2.24, 2.45) is 0 Å². The van der Waals surface area contributed by atoms with Crippen LogP contribution in [0.3, 0.4) is 0 Å². The lowest BCUT2D eigenvalue weighted by atomic mass is 10.1. The fourth-order valence-electron chi connectivity index (χ4n) is 2.58. The molecule has 0 unspecified atom stereocenters. The van der Waals surface area contributed by atoms with Crippen LogP contribution >= 0.6 is 0 Å². The Balaban J connectivity index is 2.33. The van der Waals surface area contributed by atoms with E-state index >= 15 is 0 Å². The minimum atomic E-state index is 0.723. The number of aromatic nitrogens is 2. The van der Waals surface area contributed by atoms with Gasteiger partial charge in [-0.15, -0.1) is 0 Å². The zero-order valence-electron chi connectivity index (χ0n) is 8.92. The van der Waals surface area contributed by atoms with Crippen LogP contribution in [0, 0.1) is 5.21 Å². The molecule has 4 rings (SSSR count). The standard InChI is InChI=1S/C14H8N2O/c17-16-8-15-12-7-3-6-10-9-4-1-2-5-11(9)14(16)13(10)12/h1-8H. The summed E-state index contributed by atoms with van der Waals surface area (Å²) in [6, 6.07) is 13.9. The second kappa shape index (κ2) is 2.83. The summed E-state index contributed by atoms with van der Waals surface area (Å²) in [5.41, 5.74) is 4.81. The molecule has 0 radical (unpaired) electrons. The molecule has 0 fully saturated rings. The molecule has 0 spiro atoms. The lowest BCUT2D eigenvalue weighted by Gasteiger charge is -2.06. The normalized spacial score (nSPS) is 11.8. The molecule has 0 atom stereocenters. The van der Waals surface area contributed by atoms with Crippen LogP contribution in [0.15, 0.2) is 48.8 Å². The second-order valence-electron chi connectivity index (χ2n) is 4.16. The van der Waals surface area contributed by atoms with Crippen LogP contribution in [0.4, 0.5) is 0 Å². The predicted molar refractivity (Wildman–Crippen MR) is 65.1 cm³/mol. The van der Waals surface area contributed by atoms with Crippen molar-refractivity contribution in [3.63, 3.8) is 0 Å². The van der Waals surface area contributed by atoms with Gasteiger partial charge in [-0.05, 0) is 22.2 Å². The van der Waals surface area contributed by atoms with Crippen molar-refractivity contribution in [2.75, 3.05) is 0 Å². The highest BCUT2D eigenvalue weighted by Gasteiger charge is 2.26. The lowest BCUT2D eigenvalue weighted by Crippen LogP contribution is -2.28. The molecule has 1 aliphatic carbocycles. The van der Waals surface area contributed by atoms with Gasteiger partial charge in [0.15, 0.2) is 5.52 Å². The van der Waals surface area contributed by atoms with Gasteiger partial charge in [0.25, 0.3) is 6.33 Å². The number of fused-ring (bicyclic) bond motifs is 3. The number of hydrogen-bond acceptors (Lipinski definition) is 2. The quantitative estimate of drug-likeness (QED) is 0.337. The van der Waals surface area contributed by atoms with Crippen LogP contribution in [-0.2, 0) is 0 Å². The van der Waals surface area contributed by atoms with E-state index in [0.717, 1.165) is 38.0 Å². The maximum absolute atomic E-state index is 11.9. The molecule has 3 aromatic rings. The molecule has 3 nitrogen and oxygen atoms in total. The highest BCUT2D eigenvalue weighted by molar-refractivity contribution is 6.11. The van der Waals surface area contributed by atoms with Crippen LogP contribution in [0.25, 0.3) is 33.3 Å². The Labute approximate surface area is 97.6 Å². The topological polar surface area (TPSA) is 39.8 Å². The first-order valence-corrected chi connectivity index (χ1v) is 5.47. The van der Waals surface area contributed by atoms with Gasteiger partial charge < -0.3 is 5.21 Å². The second-order valence-corrected chi connectivity index (χ2v) is 4.16. The lowest BCUT2D eigenvalue weighted by molar-refractivity contribution is -0.595. The molecule has 0 N–H and O–H groups in total. The van der Waals surface area contributed by atoms with Gasteiger partial charge in [0.1, 0.15) is 5.69 Å². The molecule has 0 bridgehead atoms. The molecule has 0 amide bonds. The van der Waals surface area contributed by atoms with E-state index in [1.165, 1.54) is 6.33 Å².